The van der Waals surface area contributed by atoms with Crippen LogP contribution in [0, 0.1) is 11.8 Å². The molecule has 0 amide bonds. The summed E-state index contributed by atoms with van der Waals surface area (Å²) in [5, 5.41) is 7.73. The van der Waals surface area contributed by atoms with E-state index < -0.39 is 0 Å². The highest BCUT2D eigenvalue weighted by atomic mass is 35.5. The molecule has 19 heavy (non-hydrogen) atoms. The lowest BCUT2D eigenvalue weighted by Crippen LogP contribution is -2.35. The highest BCUT2D eigenvalue weighted by Gasteiger charge is 2.31. The van der Waals surface area contributed by atoms with E-state index in [1.807, 2.05) is 0 Å². The SMILES string of the molecule is NCC(Nc1c(Cl)cnn(CC2CC2)c1=O)C1CC1. The Kier molecular flexibility index (Phi) is 3.50. The third-order valence-electron chi connectivity index (χ3n) is 3.90. The Labute approximate surface area is 117 Å². The van der Waals surface area contributed by atoms with Crippen molar-refractivity contribution in [1.29, 1.82) is 0 Å². The molecular weight excluding hydrogens is 264 g/mol. The molecule has 1 atom stereocenters. The largest absolute Gasteiger partial charge is 0.375 e. The lowest BCUT2D eigenvalue weighted by Gasteiger charge is -2.18. The van der Waals surface area contributed by atoms with Crippen LogP contribution in [0.5, 0.6) is 0 Å². The van der Waals surface area contributed by atoms with Crippen molar-refractivity contribution >= 4 is 17.3 Å². The maximum absolute atomic E-state index is 12.4. The lowest BCUT2D eigenvalue weighted by atomic mass is 10.2. The fraction of sp³-hybridized carbons (Fsp3) is 0.692. The van der Waals surface area contributed by atoms with Crippen LogP contribution in [0.1, 0.15) is 25.7 Å². The van der Waals surface area contributed by atoms with Crippen LogP contribution < -0.4 is 16.6 Å². The first-order valence-electron chi connectivity index (χ1n) is 6.91. The highest BCUT2D eigenvalue weighted by Crippen LogP contribution is 2.34. The maximum atomic E-state index is 12.4. The number of nitrogens with zero attached hydrogens (tertiary/aromatic N) is 2. The Morgan fingerprint density at radius 3 is 2.79 bits per heavy atom. The molecule has 1 aromatic rings. The first-order valence-corrected chi connectivity index (χ1v) is 7.29. The number of anilines is 1. The van der Waals surface area contributed by atoms with E-state index in [9.17, 15) is 4.79 Å². The van der Waals surface area contributed by atoms with Crippen molar-refractivity contribution in [2.45, 2.75) is 38.3 Å². The van der Waals surface area contributed by atoms with E-state index in [2.05, 4.69) is 10.4 Å². The molecule has 1 heterocycles. The number of nitrogens with two attached hydrogens (primary N) is 1. The minimum absolute atomic E-state index is 0.126. The van der Waals surface area contributed by atoms with Gasteiger partial charge >= 0.3 is 0 Å². The molecule has 2 saturated carbocycles. The van der Waals surface area contributed by atoms with E-state index in [-0.39, 0.29) is 11.6 Å². The maximum Gasteiger partial charge on any atom is 0.291 e. The van der Waals surface area contributed by atoms with E-state index >= 15 is 0 Å². The van der Waals surface area contributed by atoms with E-state index in [1.165, 1.54) is 30.4 Å². The fourth-order valence-corrected chi connectivity index (χ4v) is 2.51. The van der Waals surface area contributed by atoms with Gasteiger partial charge in [-0.1, -0.05) is 11.6 Å². The van der Waals surface area contributed by atoms with Crippen LogP contribution in [-0.2, 0) is 6.54 Å². The van der Waals surface area contributed by atoms with E-state index in [0.717, 1.165) is 0 Å². The highest BCUT2D eigenvalue weighted by molar-refractivity contribution is 6.33. The number of aromatic nitrogens is 2. The molecule has 0 aliphatic heterocycles. The van der Waals surface area contributed by atoms with E-state index in [1.54, 1.807) is 6.20 Å². The Bertz CT molecular complexity index is 522. The van der Waals surface area contributed by atoms with Gasteiger partial charge < -0.3 is 11.1 Å². The number of hydrogen-bond donors (Lipinski definition) is 2. The number of rotatable bonds is 6. The fourth-order valence-electron chi connectivity index (χ4n) is 2.33. The molecule has 104 valence electrons. The topological polar surface area (TPSA) is 72.9 Å². The van der Waals surface area contributed by atoms with Crippen LogP contribution in [0.4, 0.5) is 5.69 Å². The van der Waals surface area contributed by atoms with Crippen molar-refractivity contribution in [2.75, 3.05) is 11.9 Å². The van der Waals surface area contributed by atoms with Gasteiger partial charge in [0.25, 0.3) is 5.56 Å². The first kappa shape index (κ1) is 12.9. The van der Waals surface area contributed by atoms with Gasteiger partial charge in [0.1, 0.15) is 5.69 Å². The van der Waals surface area contributed by atoms with Crippen LogP contribution in [0.3, 0.4) is 0 Å². The van der Waals surface area contributed by atoms with Crippen LogP contribution in [0.15, 0.2) is 11.0 Å². The molecule has 2 aliphatic rings. The molecule has 0 radical (unpaired) electrons. The molecule has 1 aromatic heterocycles. The Hall–Kier alpha value is -1.07. The zero-order valence-corrected chi connectivity index (χ0v) is 11.6. The summed E-state index contributed by atoms with van der Waals surface area (Å²) in [7, 11) is 0. The summed E-state index contributed by atoms with van der Waals surface area (Å²) in [6.45, 7) is 1.22. The summed E-state index contributed by atoms with van der Waals surface area (Å²) in [5.41, 5.74) is 6.09. The molecule has 2 aliphatic carbocycles. The van der Waals surface area contributed by atoms with Gasteiger partial charge in [-0.25, -0.2) is 4.68 Å². The van der Waals surface area contributed by atoms with Gasteiger partial charge in [0, 0.05) is 19.1 Å². The average molecular weight is 283 g/mol. The minimum atomic E-state index is -0.126. The van der Waals surface area contributed by atoms with Gasteiger partial charge in [0.2, 0.25) is 0 Å². The predicted octanol–water partition coefficient (Wildman–Crippen LogP) is 1.46. The molecule has 6 heteroatoms. The second kappa shape index (κ2) is 5.13. The first-order chi connectivity index (χ1) is 9.19. The standard InChI is InChI=1S/C13H19ClN4O/c14-10-6-16-18(7-8-1-2-8)13(19)12(10)17-11(5-15)9-3-4-9/h6,8-9,11,17H,1-5,7,15H2. The molecule has 0 bridgehead atoms. The summed E-state index contributed by atoms with van der Waals surface area (Å²) in [6.07, 6.45) is 6.27. The molecule has 0 spiro atoms. The normalized spacial score (nSPS) is 20.3. The number of hydrogen-bond acceptors (Lipinski definition) is 4. The quantitative estimate of drug-likeness (QED) is 0.828. The number of nitrogens with one attached hydrogen (secondary N) is 1. The summed E-state index contributed by atoms with van der Waals surface area (Å²) in [4.78, 5) is 12.4. The van der Waals surface area contributed by atoms with Gasteiger partial charge in [-0.3, -0.25) is 4.79 Å². The van der Waals surface area contributed by atoms with Gasteiger partial charge in [-0.2, -0.15) is 5.10 Å². The van der Waals surface area contributed by atoms with Crippen molar-refractivity contribution in [3.8, 4) is 0 Å². The third-order valence-corrected chi connectivity index (χ3v) is 4.19. The van der Waals surface area contributed by atoms with Gasteiger partial charge in [-0.15, -0.1) is 0 Å². The van der Waals surface area contributed by atoms with Gasteiger partial charge in [-0.05, 0) is 37.5 Å². The minimum Gasteiger partial charge on any atom is -0.375 e. The second-order valence-electron chi connectivity index (χ2n) is 5.62. The molecule has 1 unspecified atom stereocenters. The monoisotopic (exact) mass is 282 g/mol. The summed E-state index contributed by atoms with van der Waals surface area (Å²) in [5.74, 6) is 1.18. The Morgan fingerprint density at radius 2 is 2.21 bits per heavy atom. The molecule has 3 rings (SSSR count). The third kappa shape index (κ3) is 2.92. The molecule has 0 saturated heterocycles. The van der Waals surface area contributed by atoms with Crippen molar-refractivity contribution in [2.24, 2.45) is 17.6 Å². The zero-order chi connectivity index (χ0) is 13.4. The van der Waals surface area contributed by atoms with Gasteiger partial charge in [0.05, 0.1) is 11.2 Å². The van der Waals surface area contributed by atoms with E-state index in [0.29, 0.717) is 35.6 Å². The van der Waals surface area contributed by atoms with E-state index in [4.69, 9.17) is 17.3 Å². The molecule has 5 nitrogen and oxygen atoms in total. The Morgan fingerprint density at radius 1 is 1.47 bits per heavy atom. The van der Waals surface area contributed by atoms with Crippen molar-refractivity contribution < 1.29 is 0 Å². The van der Waals surface area contributed by atoms with Crippen LogP contribution in [-0.4, -0.2) is 22.4 Å². The molecule has 3 N–H and O–H groups in total. The predicted molar refractivity (Wildman–Crippen MR) is 75.4 cm³/mol. The van der Waals surface area contributed by atoms with Crippen LogP contribution >= 0.6 is 11.6 Å². The van der Waals surface area contributed by atoms with Crippen molar-refractivity contribution in [3.05, 3.63) is 21.6 Å². The molecule has 2 fully saturated rings. The summed E-state index contributed by atoms with van der Waals surface area (Å²) >= 11 is 6.10. The second-order valence-corrected chi connectivity index (χ2v) is 6.03. The Balaban J connectivity index is 1.83. The molecule has 0 aromatic carbocycles. The zero-order valence-electron chi connectivity index (χ0n) is 10.8. The number of halogens is 1. The van der Waals surface area contributed by atoms with Crippen LogP contribution in [0.2, 0.25) is 5.02 Å². The van der Waals surface area contributed by atoms with Crippen LogP contribution in [0.25, 0.3) is 0 Å². The average Bonchev–Trinajstić information content (AvgIpc) is 3.25. The molecular formula is C13H19ClN4O. The van der Waals surface area contributed by atoms with Gasteiger partial charge in [0.15, 0.2) is 0 Å². The smallest absolute Gasteiger partial charge is 0.291 e. The van der Waals surface area contributed by atoms with Crippen molar-refractivity contribution in [1.82, 2.24) is 9.78 Å². The summed E-state index contributed by atoms with van der Waals surface area (Å²) in [6, 6.07) is 0.141. The van der Waals surface area contributed by atoms with Crippen molar-refractivity contribution in [3.63, 3.8) is 0 Å². The lowest BCUT2D eigenvalue weighted by molar-refractivity contribution is 0.532. The summed E-state index contributed by atoms with van der Waals surface area (Å²) < 4.78 is 1.52.